The highest BCUT2D eigenvalue weighted by molar-refractivity contribution is 5.79. The third-order valence-electron chi connectivity index (χ3n) is 4.19. The summed E-state index contributed by atoms with van der Waals surface area (Å²) in [5.74, 6) is -1.13. The van der Waals surface area contributed by atoms with Crippen LogP contribution in [0.5, 0.6) is 0 Å². The molecule has 0 unspecified atom stereocenters. The van der Waals surface area contributed by atoms with Gasteiger partial charge in [0, 0.05) is 19.5 Å². The van der Waals surface area contributed by atoms with Crippen molar-refractivity contribution in [2.45, 2.75) is 33.6 Å². The predicted molar refractivity (Wildman–Crippen MR) is 81.1 cm³/mol. The van der Waals surface area contributed by atoms with Gasteiger partial charge in [0.15, 0.2) is 0 Å². The molecule has 0 bridgehead atoms. The number of carboxylic acids is 1. The fourth-order valence-electron chi connectivity index (χ4n) is 3.11. The van der Waals surface area contributed by atoms with Crippen molar-refractivity contribution in [1.82, 2.24) is 4.90 Å². The van der Waals surface area contributed by atoms with Crippen molar-refractivity contribution in [3.63, 3.8) is 0 Å². The topological polar surface area (TPSA) is 57.6 Å². The maximum Gasteiger partial charge on any atom is 0.308 e. The van der Waals surface area contributed by atoms with E-state index in [9.17, 15) is 9.59 Å². The van der Waals surface area contributed by atoms with Crippen molar-refractivity contribution in [2.24, 2.45) is 11.8 Å². The summed E-state index contributed by atoms with van der Waals surface area (Å²) in [6.45, 7) is 6.91. The van der Waals surface area contributed by atoms with Gasteiger partial charge in [-0.1, -0.05) is 36.2 Å². The van der Waals surface area contributed by atoms with E-state index in [1.165, 1.54) is 16.7 Å². The normalized spacial score (nSPS) is 21.6. The van der Waals surface area contributed by atoms with E-state index in [0.717, 1.165) is 0 Å². The zero-order valence-corrected chi connectivity index (χ0v) is 12.9. The van der Waals surface area contributed by atoms with E-state index in [2.05, 4.69) is 32.0 Å². The molecule has 4 heteroatoms. The highest BCUT2D eigenvalue weighted by Gasteiger charge is 2.36. The first kappa shape index (κ1) is 15.5. The molecule has 1 saturated heterocycles. The Kier molecular flexibility index (Phi) is 4.66. The Morgan fingerprint density at radius 2 is 1.81 bits per heavy atom. The Balaban J connectivity index is 1.92. The van der Waals surface area contributed by atoms with E-state index in [0.29, 0.717) is 25.9 Å². The van der Waals surface area contributed by atoms with Gasteiger partial charge in [0.05, 0.1) is 5.92 Å². The Hall–Kier alpha value is -1.84. The van der Waals surface area contributed by atoms with Gasteiger partial charge >= 0.3 is 5.97 Å². The number of amides is 1. The Morgan fingerprint density at radius 1 is 1.19 bits per heavy atom. The van der Waals surface area contributed by atoms with Gasteiger partial charge < -0.3 is 10.0 Å². The maximum atomic E-state index is 12.2. The van der Waals surface area contributed by atoms with Crippen LogP contribution in [0.4, 0.5) is 0 Å². The van der Waals surface area contributed by atoms with Crippen LogP contribution in [-0.2, 0) is 16.0 Å². The summed E-state index contributed by atoms with van der Waals surface area (Å²) in [6.07, 6.45) is 1.16. The summed E-state index contributed by atoms with van der Waals surface area (Å²) in [6, 6.07) is 6.32. The van der Waals surface area contributed by atoms with E-state index in [-0.39, 0.29) is 11.8 Å². The van der Waals surface area contributed by atoms with Crippen molar-refractivity contribution in [3.8, 4) is 0 Å². The molecule has 0 saturated carbocycles. The first-order valence-electron chi connectivity index (χ1n) is 7.44. The summed E-state index contributed by atoms with van der Waals surface area (Å²) < 4.78 is 0. The molecule has 2 rings (SSSR count). The maximum absolute atomic E-state index is 12.2. The molecule has 0 aromatic heterocycles. The van der Waals surface area contributed by atoms with Gasteiger partial charge in [-0.15, -0.1) is 0 Å². The summed E-state index contributed by atoms with van der Waals surface area (Å²) in [5, 5.41) is 9.11. The third-order valence-corrected chi connectivity index (χ3v) is 4.19. The first-order chi connectivity index (χ1) is 9.86. The minimum Gasteiger partial charge on any atom is -0.481 e. The molecule has 21 heavy (non-hydrogen) atoms. The van der Waals surface area contributed by atoms with Crippen LogP contribution in [0.25, 0.3) is 0 Å². The molecule has 0 radical (unpaired) electrons. The molecule has 1 aliphatic rings. The second kappa shape index (κ2) is 6.29. The van der Waals surface area contributed by atoms with Crippen molar-refractivity contribution in [1.29, 1.82) is 0 Å². The summed E-state index contributed by atoms with van der Waals surface area (Å²) in [4.78, 5) is 25.0. The quantitative estimate of drug-likeness (QED) is 0.926. The van der Waals surface area contributed by atoms with Crippen LogP contribution in [0.2, 0.25) is 0 Å². The highest BCUT2D eigenvalue weighted by atomic mass is 16.4. The van der Waals surface area contributed by atoms with Crippen LogP contribution in [0, 0.1) is 25.7 Å². The van der Waals surface area contributed by atoms with Gasteiger partial charge in [-0.05, 0) is 31.7 Å². The molecule has 0 aliphatic carbocycles. The lowest BCUT2D eigenvalue weighted by atomic mass is 9.99. The smallest absolute Gasteiger partial charge is 0.308 e. The lowest BCUT2D eigenvalue weighted by molar-refractivity contribution is -0.142. The molecule has 4 nitrogen and oxygen atoms in total. The lowest BCUT2D eigenvalue weighted by Gasteiger charge is -2.16. The number of carboxylic acid groups (broad SMARTS) is 1. The Labute approximate surface area is 125 Å². The fraction of sp³-hybridized carbons (Fsp3) is 0.529. The molecular formula is C17H23NO3. The van der Waals surface area contributed by atoms with Crippen molar-refractivity contribution in [2.75, 3.05) is 13.1 Å². The Morgan fingerprint density at radius 3 is 2.33 bits per heavy atom. The van der Waals surface area contributed by atoms with E-state index in [1.54, 1.807) is 4.90 Å². The van der Waals surface area contributed by atoms with Gasteiger partial charge in [0.25, 0.3) is 0 Å². The average Bonchev–Trinajstić information content (AvgIpc) is 2.77. The van der Waals surface area contributed by atoms with Crippen molar-refractivity contribution < 1.29 is 14.7 Å². The van der Waals surface area contributed by atoms with Gasteiger partial charge in [-0.2, -0.15) is 0 Å². The summed E-state index contributed by atoms with van der Waals surface area (Å²) in [5.41, 5.74) is 3.58. The number of benzene rings is 1. The number of hydrogen-bond acceptors (Lipinski definition) is 2. The number of carbonyl (C=O) groups is 2. The van der Waals surface area contributed by atoms with Gasteiger partial charge in [-0.25, -0.2) is 0 Å². The predicted octanol–water partition coefficient (Wildman–Crippen LogP) is 2.42. The lowest BCUT2D eigenvalue weighted by Crippen LogP contribution is -2.30. The summed E-state index contributed by atoms with van der Waals surface area (Å²) >= 11 is 0. The highest BCUT2D eigenvalue weighted by Crippen LogP contribution is 2.24. The number of aryl methyl sites for hydroxylation is 3. The second-order valence-corrected chi connectivity index (χ2v) is 6.22. The molecular weight excluding hydrogens is 266 g/mol. The SMILES string of the molecule is Cc1cc(C)cc(CCC(=O)N2C[C@@H](C)[C@H](C(=O)O)C2)c1. The third kappa shape index (κ3) is 3.84. The zero-order valence-electron chi connectivity index (χ0n) is 12.9. The molecule has 0 spiro atoms. The van der Waals surface area contributed by atoms with Gasteiger partial charge in [0.2, 0.25) is 5.91 Å². The molecule has 1 N–H and O–H groups in total. The second-order valence-electron chi connectivity index (χ2n) is 6.22. The van der Waals surface area contributed by atoms with Gasteiger partial charge in [-0.3, -0.25) is 9.59 Å². The van der Waals surface area contributed by atoms with E-state index in [1.807, 2.05) is 6.92 Å². The van der Waals surface area contributed by atoms with Crippen LogP contribution < -0.4 is 0 Å². The molecule has 1 aliphatic heterocycles. The molecule has 1 aromatic rings. The minimum absolute atomic E-state index is 0.0349. The molecule has 1 amide bonds. The number of aliphatic carboxylic acids is 1. The number of carbonyl (C=O) groups excluding carboxylic acids is 1. The summed E-state index contributed by atoms with van der Waals surface area (Å²) in [7, 11) is 0. The molecule has 1 heterocycles. The molecule has 1 aromatic carbocycles. The largest absolute Gasteiger partial charge is 0.481 e. The van der Waals surface area contributed by atoms with Crippen LogP contribution >= 0.6 is 0 Å². The monoisotopic (exact) mass is 289 g/mol. The molecule has 1 fully saturated rings. The van der Waals surface area contributed by atoms with Crippen LogP contribution in [-0.4, -0.2) is 35.0 Å². The number of nitrogens with zero attached hydrogens (tertiary/aromatic N) is 1. The average molecular weight is 289 g/mol. The number of likely N-dealkylation sites (tertiary alicyclic amines) is 1. The fourth-order valence-corrected chi connectivity index (χ4v) is 3.11. The van der Waals surface area contributed by atoms with Crippen molar-refractivity contribution >= 4 is 11.9 Å². The standard InChI is InChI=1S/C17H23NO3/c1-11-6-12(2)8-14(7-11)4-5-16(19)18-9-13(3)15(10-18)17(20)21/h6-8,13,15H,4-5,9-10H2,1-3H3,(H,20,21)/t13-,15-/m1/s1. The van der Waals surface area contributed by atoms with Crippen LogP contribution in [0.1, 0.15) is 30.0 Å². The minimum atomic E-state index is -0.799. The molecule has 114 valence electrons. The van der Waals surface area contributed by atoms with E-state index < -0.39 is 11.9 Å². The van der Waals surface area contributed by atoms with E-state index >= 15 is 0 Å². The molecule has 2 atom stereocenters. The Bertz CT molecular complexity index is 533. The number of hydrogen-bond donors (Lipinski definition) is 1. The van der Waals surface area contributed by atoms with E-state index in [4.69, 9.17) is 5.11 Å². The van der Waals surface area contributed by atoms with Crippen LogP contribution in [0.15, 0.2) is 18.2 Å². The first-order valence-corrected chi connectivity index (χ1v) is 7.44. The van der Waals surface area contributed by atoms with Gasteiger partial charge in [0.1, 0.15) is 0 Å². The number of rotatable bonds is 4. The van der Waals surface area contributed by atoms with Crippen molar-refractivity contribution in [3.05, 3.63) is 34.9 Å². The van der Waals surface area contributed by atoms with Crippen LogP contribution in [0.3, 0.4) is 0 Å². The zero-order chi connectivity index (χ0) is 15.6.